The van der Waals surface area contributed by atoms with Crippen LogP contribution in [0.3, 0.4) is 0 Å². The van der Waals surface area contributed by atoms with Gasteiger partial charge in [-0.1, -0.05) is 33.6 Å². The molecule has 1 N–H and O–H groups in total. The van der Waals surface area contributed by atoms with Crippen molar-refractivity contribution in [1.29, 1.82) is 0 Å². The highest BCUT2D eigenvalue weighted by Gasteiger charge is 2.19. The topological polar surface area (TPSA) is 15.3 Å². The first kappa shape index (κ1) is 16.0. The van der Waals surface area contributed by atoms with E-state index in [0.717, 1.165) is 24.3 Å². The molecule has 0 bridgehead atoms. The maximum Gasteiger partial charge on any atom is 0.0216 e. The van der Waals surface area contributed by atoms with Crippen LogP contribution in [-0.2, 0) is 0 Å². The third-order valence-corrected chi connectivity index (χ3v) is 4.33. The van der Waals surface area contributed by atoms with E-state index in [2.05, 4.69) is 45.1 Å². The van der Waals surface area contributed by atoms with Gasteiger partial charge in [-0.25, -0.2) is 0 Å². The molecule has 0 heterocycles. The fourth-order valence-electron chi connectivity index (χ4n) is 3.22. The molecular formula is C16H34N2. The average molecular weight is 254 g/mol. The van der Waals surface area contributed by atoms with E-state index < -0.39 is 0 Å². The third kappa shape index (κ3) is 6.19. The summed E-state index contributed by atoms with van der Waals surface area (Å²) in [6.45, 7) is 9.43. The van der Waals surface area contributed by atoms with Crippen LogP contribution >= 0.6 is 0 Å². The second-order valence-corrected chi connectivity index (χ2v) is 7.04. The largest absolute Gasteiger partial charge is 0.315 e. The fraction of sp³-hybridized carbons (Fsp3) is 1.00. The number of hydrogen-bond donors (Lipinski definition) is 1. The molecule has 1 saturated carbocycles. The molecule has 1 aliphatic carbocycles. The Kier molecular flexibility index (Phi) is 7.25. The summed E-state index contributed by atoms with van der Waals surface area (Å²) in [5, 5.41) is 3.72. The van der Waals surface area contributed by atoms with Crippen LogP contribution in [0.25, 0.3) is 0 Å². The van der Waals surface area contributed by atoms with Gasteiger partial charge in [0.05, 0.1) is 0 Å². The van der Waals surface area contributed by atoms with Crippen molar-refractivity contribution in [3.63, 3.8) is 0 Å². The van der Waals surface area contributed by atoms with Crippen LogP contribution in [0.1, 0.15) is 52.9 Å². The SMILES string of the molecule is CC(C)CC(CNCC1CCCC(C)C1)N(C)C. The van der Waals surface area contributed by atoms with E-state index in [1.165, 1.54) is 38.6 Å². The van der Waals surface area contributed by atoms with Gasteiger partial charge in [-0.15, -0.1) is 0 Å². The lowest BCUT2D eigenvalue weighted by Crippen LogP contribution is -2.40. The lowest BCUT2D eigenvalue weighted by molar-refractivity contribution is 0.230. The first-order valence-corrected chi connectivity index (χ1v) is 7.86. The highest BCUT2D eigenvalue weighted by atomic mass is 15.1. The maximum absolute atomic E-state index is 3.72. The van der Waals surface area contributed by atoms with Gasteiger partial charge >= 0.3 is 0 Å². The molecule has 0 radical (unpaired) electrons. The molecule has 3 atom stereocenters. The minimum atomic E-state index is 0.686. The number of likely N-dealkylation sites (N-methyl/N-ethyl adjacent to an activating group) is 1. The minimum absolute atomic E-state index is 0.686. The van der Waals surface area contributed by atoms with Gasteiger partial charge in [-0.3, -0.25) is 0 Å². The smallest absolute Gasteiger partial charge is 0.0216 e. The molecule has 108 valence electrons. The zero-order valence-corrected chi connectivity index (χ0v) is 13.2. The number of nitrogens with one attached hydrogen (secondary N) is 1. The Balaban J connectivity index is 2.21. The van der Waals surface area contributed by atoms with Crippen LogP contribution in [-0.4, -0.2) is 38.1 Å². The molecule has 1 fully saturated rings. The predicted octanol–water partition coefficient (Wildman–Crippen LogP) is 3.38. The molecule has 2 nitrogen and oxygen atoms in total. The van der Waals surface area contributed by atoms with Crippen LogP contribution in [0.5, 0.6) is 0 Å². The zero-order valence-electron chi connectivity index (χ0n) is 13.2. The molecule has 18 heavy (non-hydrogen) atoms. The van der Waals surface area contributed by atoms with Crippen molar-refractivity contribution in [2.45, 2.75) is 58.9 Å². The van der Waals surface area contributed by atoms with Gasteiger partial charge in [0.25, 0.3) is 0 Å². The Morgan fingerprint density at radius 1 is 1.22 bits per heavy atom. The first-order chi connectivity index (χ1) is 8.49. The molecule has 0 spiro atoms. The Hall–Kier alpha value is -0.0800. The summed E-state index contributed by atoms with van der Waals surface area (Å²) in [5.41, 5.74) is 0. The Labute approximate surface area is 115 Å². The Morgan fingerprint density at radius 2 is 1.94 bits per heavy atom. The van der Waals surface area contributed by atoms with Crippen molar-refractivity contribution < 1.29 is 0 Å². The van der Waals surface area contributed by atoms with Crippen LogP contribution in [0.4, 0.5) is 0 Å². The lowest BCUT2D eigenvalue weighted by Gasteiger charge is -2.30. The minimum Gasteiger partial charge on any atom is -0.315 e. The fourth-order valence-corrected chi connectivity index (χ4v) is 3.22. The van der Waals surface area contributed by atoms with Crippen molar-refractivity contribution in [3.8, 4) is 0 Å². The summed E-state index contributed by atoms with van der Waals surface area (Å²) in [6, 6.07) is 0.686. The molecule has 2 heteroatoms. The van der Waals surface area contributed by atoms with E-state index in [-0.39, 0.29) is 0 Å². The molecule has 0 saturated heterocycles. The van der Waals surface area contributed by atoms with Crippen molar-refractivity contribution in [1.82, 2.24) is 10.2 Å². The van der Waals surface area contributed by atoms with Gasteiger partial charge in [-0.05, 0) is 57.7 Å². The molecule has 0 aromatic carbocycles. The summed E-state index contributed by atoms with van der Waals surface area (Å²) in [7, 11) is 4.41. The van der Waals surface area contributed by atoms with Gasteiger partial charge in [0, 0.05) is 12.6 Å². The Bertz CT molecular complexity index is 213. The molecule has 1 aliphatic rings. The molecule has 1 rings (SSSR count). The quantitative estimate of drug-likeness (QED) is 0.749. The molecular weight excluding hydrogens is 220 g/mol. The van der Waals surface area contributed by atoms with Crippen molar-refractivity contribution in [2.24, 2.45) is 17.8 Å². The highest BCUT2D eigenvalue weighted by molar-refractivity contribution is 4.75. The molecule has 0 amide bonds. The molecule has 3 unspecified atom stereocenters. The van der Waals surface area contributed by atoms with Crippen molar-refractivity contribution in [2.75, 3.05) is 27.2 Å². The first-order valence-electron chi connectivity index (χ1n) is 7.86. The third-order valence-electron chi connectivity index (χ3n) is 4.33. The van der Waals surface area contributed by atoms with Crippen molar-refractivity contribution in [3.05, 3.63) is 0 Å². The van der Waals surface area contributed by atoms with Gasteiger partial charge in [0.15, 0.2) is 0 Å². The monoisotopic (exact) mass is 254 g/mol. The lowest BCUT2D eigenvalue weighted by atomic mass is 9.82. The van der Waals surface area contributed by atoms with Gasteiger partial charge in [-0.2, -0.15) is 0 Å². The number of hydrogen-bond acceptors (Lipinski definition) is 2. The van der Waals surface area contributed by atoms with Gasteiger partial charge in [0.2, 0.25) is 0 Å². The van der Waals surface area contributed by atoms with Crippen LogP contribution in [0, 0.1) is 17.8 Å². The second kappa shape index (κ2) is 8.16. The van der Waals surface area contributed by atoms with Crippen molar-refractivity contribution >= 4 is 0 Å². The summed E-state index contributed by atoms with van der Waals surface area (Å²) in [6.07, 6.45) is 7.06. The van der Waals surface area contributed by atoms with Crippen LogP contribution in [0.2, 0.25) is 0 Å². The summed E-state index contributed by atoms with van der Waals surface area (Å²) in [4.78, 5) is 2.37. The van der Waals surface area contributed by atoms with Crippen LogP contribution < -0.4 is 5.32 Å². The molecule has 0 aromatic rings. The maximum atomic E-state index is 3.72. The van der Waals surface area contributed by atoms with E-state index in [1.54, 1.807) is 0 Å². The van der Waals surface area contributed by atoms with Gasteiger partial charge in [0.1, 0.15) is 0 Å². The predicted molar refractivity (Wildman–Crippen MR) is 80.9 cm³/mol. The van der Waals surface area contributed by atoms with Gasteiger partial charge < -0.3 is 10.2 Å². The zero-order chi connectivity index (χ0) is 13.5. The normalized spacial score (nSPS) is 26.8. The second-order valence-electron chi connectivity index (χ2n) is 7.04. The summed E-state index contributed by atoms with van der Waals surface area (Å²) < 4.78 is 0. The summed E-state index contributed by atoms with van der Waals surface area (Å²) >= 11 is 0. The highest BCUT2D eigenvalue weighted by Crippen LogP contribution is 2.27. The number of rotatable bonds is 7. The average Bonchev–Trinajstić information content (AvgIpc) is 2.27. The van der Waals surface area contributed by atoms with E-state index in [1.807, 2.05) is 0 Å². The summed E-state index contributed by atoms with van der Waals surface area (Å²) in [5.74, 6) is 2.66. The van der Waals surface area contributed by atoms with E-state index in [0.29, 0.717) is 6.04 Å². The molecule has 0 aliphatic heterocycles. The van der Waals surface area contributed by atoms with Crippen LogP contribution in [0.15, 0.2) is 0 Å². The van der Waals surface area contributed by atoms with E-state index in [9.17, 15) is 0 Å². The molecule has 0 aromatic heterocycles. The standard InChI is InChI=1S/C16H34N2/c1-13(2)9-16(18(4)5)12-17-11-15-8-6-7-14(3)10-15/h13-17H,6-12H2,1-5H3. The van der Waals surface area contributed by atoms with E-state index >= 15 is 0 Å². The number of nitrogens with zero attached hydrogens (tertiary/aromatic N) is 1. The van der Waals surface area contributed by atoms with E-state index in [4.69, 9.17) is 0 Å². The Morgan fingerprint density at radius 3 is 2.50 bits per heavy atom.